The Labute approximate surface area is 112 Å². The molecule has 0 amide bonds. The summed E-state index contributed by atoms with van der Waals surface area (Å²) in [6, 6.07) is 7.56. The molecule has 2 unspecified atom stereocenters. The molecule has 1 aliphatic rings. The molecule has 2 N–H and O–H groups in total. The van der Waals surface area contributed by atoms with Crippen molar-refractivity contribution in [3.05, 3.63) is 28.2 Å². The van der Waals surface area contributed by atoms with Crippen LogP contribution in [0.4, 0.5) is 5.69 Å². The molecule has 0 radical (unpaired) electrons. The van der Waals surface area contributed by atoms with Crippen molar-refractivity contribution >= 4 is 21.6 Å². The number of nitrogens with zero attached hydrogens (tertiary/aromatic N) is 1. The highest BCUT2D eigenvalue weighted by Gasteiger charge is 2.29. The van der Waals surface area contributed by atoms with Crippen molar-refractivity contribution in [3.8, 4) is 0 Å². The lowest BCUT2D eigenvalue weighted by Gasteiger charge is -2.28. The van der Waals surface area contributed by atoms with E-state index in [9.17, 15) is 0 Å². The van der Waals surface area contributed by atoms with E-state index in [0.29, 0.717) is 6.04 Å². The highest BCUT2D eigenvalue weighted by Crippen LogP contribution is 2.30. The van der Waals surface area contributed by atoms with E-state index in [1.165, 1.54) is 24.8 Å². The minimum Gasteiger partial charge on any atom is -0.399 e. The van der Waals surface area contributed by atoms with Gasteiger partial charge in [-0.05, 0) is 43.9 Å². The largest absolute Gasteiger partial charge is 0.399 e. The fourth-order valence-electron chi connectivity index (χ4n) is 2.74. The van der Waals surface area contributed by atoms with Crippen molar-refractivity contribution in [2.24, 2.45) is 0 Å². The van der Waals surface area contributed by atoms with E-state index in [-0.39, 0.29) is 0 Å². The van der Waals surface area contributed by atoms with Crippen molar-refractivity contribution in [2.45, 2.75) is 51.7 Å². The third-order valence-corrected chi connectivity index (χ3v) is 4.59. The second kappa shape index (κ2) is 5.40. The number of nitrogen functional groups attached to an aromatic ring is 1. The van der Waals surface area contributed by atoms with Crippen molar-refractivity contribution in [1.29, 1.82) is 0 Å². The molecule has 1 aromatic carbocycles. The maximum Gasteiger partial charge on any atom is 0.0325 e. The van der Waals surface area contributed by atoms with Gasteiger partial charge < -0.3 is 5.73 Å². The van der Waals surface area contributed by atoms with Gasteiger partial charge in [-0.1, -0.05) is 28.9 Å². The van der Waals surface area contributed by atoms with E-state index < -0.39 is 0 Å². The summed E-state index contributed by atoms with van der Waals surface area (Å²) in [5.74, 6) is 0. The van der Waals surface area contributed by atoms with Gasteiger partial charge in [0.15, 0.2) is 0 Å². The molecule has 3 heteroatoms. The monoisotopic (exact) mass is 296 g/mol. The summed E-state index contributed by atoms with van der Waals surface area (Å²) in [4.78, 5) is 2.62. The summed E-state index contributed by atoms with van der Waals surface area (Å²) < 4.78 is 1.13. The van der Waals surface area contributed by atoms with Crippen molar-refractivity contribution in [2.75, 3.05) is 5.73 Å². The van der Waals surface area contributed by atoms with Crippen molar-refractivity contribution < 1.29 is 0 Å². The lowest BCUT2D eigenvalue weighted by atomic mass is 10.1. The first-order valence-corrected chi connectivity index (χ1v) is 7.20. The minimum atomic E-state index is 0.699. The van der Waals surface area contributed by atoms with E-state index in [1.54, 1.807) is 0 Å². The van der Waals surface area contributed by atoms with Crippen molar-refractivity contribution in [1.82, 2.24) is 4.90 Å². The number of hydrogen-bond acceptors (Lipinski definition) is 2. The van der Waals surface area contributed by atoms with Crippen molar-refractivity contribution in [3.63, 3.8) is 0 Å². The van der Waals surface area contributed by atoms with Crippen LogP contribution in [0.25, 0.3) is 0 Å². The predicted octanol–water partition coefficient (Wildman–Crippen LogP) is 3.79. The van der Waals surface area contributed by atoms with Crippen LogP contribution in [-0.2, 0) is 6.54 Å². The molecule has 1 aliphatic heterocycles. The molecule has 2 nitrogen and oxygen atoms in total. The highest BCUT2D eigenvalue weighted by molar-refractivity contribution is 9.10. The van der Waals surface area contributed by atoms with E-state index in [1.807, 2.05) is 12.1 Å². The Morgan fingerprint density at radius 1 is 1.41 bits per heavy atom. The SMILES string of the molecule is CCC1CCC(C)N1Cc1ccc(N)cc1Br. The predicted molar refractivity (Wildman–Crippen MR) is 76.9 cm³/mol. The van der Waals surface area contributed by atoms with Gasteiger partial charge in [0.2, 0.25) is 0 Å². The van der Waals surface area contributed by atoms with Crippen LogP contribution < -0.4 is 5.73 Å². The topological polar surface area (TPSA) is 29.3 Å². The molecule has 1 aromatic rings. The quantitative estimate of drug-likeness (QED) is 0.860. The Morgan fingerprint density at radius 2 is 2.18 bits per heavy atom. The summed E-state index contributed by atoms with van der Waals surface area (Å²) in [6.07, 6.45) is 3.91. The van der Waals surface area contributed by atoms with Gasteiger partial charge in [0.25, 0.3) is 0 Å². The van der Waals surface area contributed by atoms with E-state index in [2.05, 4.69) is 40.7 Å². The number of likely N-dealkylation sites (tertiary alicyclic amines) is 1. The molecule has 94 valence electrons. The van der Waals surface area contributed by atoms with Crippen LogP contribution in [0.1, 0.15) is 38.7 Å². The van der Waals surface area contributed by atoms with Gasteiger partial charge in [-0.15, -0.1) is 0 Å². The molecule has 2 atom stereocenters. The molecule has 17 heavy (non-hydrogen) atoms. The zero-order valence-electron chi connectivity index (χ0n) is 10.6. The number of halogens is 1. The molecule has 0 spiro atoms. The maximum absolute atomic E-state index is 5.77. The van der Waals surface area contributed by atoms with Gasteiger partial charge >= 0.3 is 0 Å². The van der Waals surface area contributed by atoms with Gasteiger partial charge in [0.05, 0.1) is 0 Å². The average Bonchev–Trinajstić information content (AvgIpc) is 2.64. The number of rotatable bonds is 3. The number of anilines is 1. The Bertz CT molecular complexity index is 392. The number of hydrogen-bond donors (Lipinski definition) is 1. The fourth-order valence-corrected chi connectivity index (χ4v) is 3.26. The fraction of sp³-hybridized carbons (Fsp3) is 0.571. The molecule has 0 bridgehead atoms. The lowest BCUT2D eigenvalue weighted by molar-refractivity contribution is 0.189. The third kappa shape index (κ3) is 2.83. The first-order valence-electron chi connectivity index (χ1n) is 6.41. The van der Waals surface area contributed by atoms with E-state index in [0.717, 1.165) is 22.7 Å². The maximum atomic E-state index is 5.77. The van der Waals surface area contributed by atoms with Crippen LogP contribution >= 0.6 is 15.9 Å². The zero-order chi connectivity index (χ0) is 12.4. The molecular weight excluding hydrogens is 276 g/mol. The molecular formula is C14H21BrN2. The normalized spacial score (nSPS) is 25.4. The van der Waals surface area contributed by atoms with Gasteiger partial charge in [0, 0.05) is 28.8 Å². The average molecular weight is 297 g/mol. The second-order valence-corrected chi connectivity index (χ2v) is 5.87. The molecule has 1 fully saturated rings. The Hall–Kier alpha value is -0.540. The summed E-state index contributed by atoms with van der Waals surface area (Å²) in [7, 11) is 0. The second-order valence-electron chi connectivity index (χ2n) is 5.01. The van der Waals surface area contributed by atoms with Crippen LogP contribution in [-0.4, -0.2) is 17.0 Å². The van der Waals surface area contributed by atoms with Crippen LogP contribution in [0.5, 0.6) is 0 Å². The first-order chi connectivity index (χ1) is 8.11. The van der Waals surface area contributed by atoms with Crippen LogP contribution in [0.3, 0.4) is 0 Å². The Balaban J connectivity index is 2.14. The molecule has 1 saturated heterocycles. The lowest BCUT2D eigenvalue weighted by Crippen LogP contribution is -2.33. The summed E-state index contributed by atoms with van der Waals surface area (Å²) in [5.41, 5.74) is 7.93. The molecule has 1 heterocycles. The summed E-state index contributed by atoms with van der Waals surface area (Å²) in [5, 5.41) is 0. The molecule has 0 aliphatic carbocycles. The van der Waals surface area contributed by atoms with Gasteiger partial charge in [-0.2, -0.15) is 0 Å². The van der Waals surface area contributed by atoms with Crippen LogP contribution in [0.2, 0.25) is 0 Å². The minimum absolute atomic E-state index is 0.699. The van der Waals surface area contributed by atoms with Gasteiger partial charge in [0.1, 0.15) is 0 Å². The Morgan fingerprint density at radius 3 is 2.82 bits per heavy atom. The standard InChI is InChI=1S/C14H21BrN2/c1-3-13-7-4-10(2)17(13)9-11-5-6-12(16)8-14(11)15/h5-6,8,10,13H,3-4,7,9,16H2,1-2H3. The zero-order valence-corrected chi connectivity index (χ0v) is 12.2. The van der Waals surface area contributed by atoms with Gasteiger partial charge in [-0.3, -0.25) is 4.90 Å². The first kappa shape index (κ1) is 12.9. The summed E-state index contributed by atoms with van der Waals surface area (Å²) >= 11 is 3.61. The van der Waals surface area contributed by atoms with Crippen LogP contribution in [0.15, 0.2) is 22.7 Å². The Kier molecular flexibility index (Phi) is 4.10. The molecule has 0 saturated carbocycles. The summed E-state index contributed by atoms with van der Waals surface area (Å²) in [6.45, 7) is 5.65. The number of nitrogens with two attached hydrogens (primary N) is 1. The highest BCUT2D eigenvalue weighted by atomic mass is 79.9. The molecule has 2 rings (SSSR count). The van der Waals surface area contributed by atoms with Crippen LogP contribution in [0, 0.1) is 0 Å². The van der Waals surface area contributed by atoms with Gasteiger partial charge in [-0.25, -0.2) is 0 Å². The number of benzene rings is 1. The van der Waals surface area contributed by atoms with E-state index >= 15 is 0 Å². The smallest absolute Gasteiger partial charge is 0.0325 e. The van der Waals surface area contributed by atoms with E-state index in [4.69, 9.17) is 5.73 Å². The third-order valence-electron chi connectivity index (χ3n) is 3.85. The molecule has 0 aromatic heterocycles.